The molecule has 0 spiro atoms. The van der Waals surface area contributed by atoms with Crippen LogP contribution in [0.3, 0.4) is 0 Å². The van der Waals surface area contributed by atoms with E-state index in [9.17, 15) is 9.59 Å². The lowest BCUT2D eigenvalue weighted by molar-refractivity contribution is -0.141. The Labute approximate surface area is 147 Å². The summed E-state index contributed by atoms with van der Waals surface area (Å²) in [6.45, 7) is 1.72. The van der Waals surface area contributed by atoms with Crippen LogP contribution in [-0.4, -0.2) is 42.6 Å². The topological polar surface area (TPSA) is 78.9 Å². The molecule has 1 amide bonds. The van der Waals surface area contributed by atoms with Gasteiger partial charge in [0.2, 0.25) is 0 Å². The van der Waals surface area contributed by atoms with Gasteiger partial charge in [-0.05, 0) is 36.4 Å². The molecule has 0 aliphatic carbocycles. The molecule has 132 valence electrons. The van der Waals surface area contributed by atoms with Crippen LogP contribution in [-0.2, 0) is 4.79 Å². The second-order valence-electron chi connectivity index (χ2n) is 5.82. The number of nitrogens with one attached hydrogen (secondary N) is 1. The number of hydrogen-bond acceptors (Lipinski definition) is 4. The van der Waals surface area contributed by atoms with Crippen molar-refractivity contribution in [3.63, 3.8) is 0 Å². The maximum atomic E-state index is 12.7. The fourth-order valence-electron chi connectivity index (χ4n) is 2.39. The molecular formula is C19H22N2O4. The van der Waals surface area contributed by atoms with Crippen LogP contribution in [0.15, 0.2) is 48.5 Å². The normalized spacial score (nSPS) is 11.5. The number of amides is 1. The Bertz CT molecular complexity index is 743. The largest absolute Gasteiger partial charge is 0.497 e. The number of methoxy groups -OCH3 is 1. The van der Waals surface area contributed by atoms with Gasteiger partial charge in [-0.15, -0.1) is 0 Å². The van der Waals surface area contributed by atoms with Gasteiger partial charge in [0.25, 0.3) is 5.91 Å². The van der Waals surface area contributed by atoms with Gasteiger partial charge in [0.05, 0.1) is 24.3 Å². The molecule has 25 heavy (non-hydrogen) atoms. The van der Waals surface area contributed by atoms with Crippen LogP contribution in [0.1, 0.15) is 17.3 Å². The van der Waals surface area contributed by atoms with E-state index in [0.29, 0.717) is 11.3 Å². The van der Waals surface area contributed by atoms with Crippen LogP contribution in [0.4, 0.5) is 11.4 Å². The monoisotopic (exact) mass is 342 g/mol. The predicted octanol–water partition coefficient (Wildman–Crippen LogP) is 3.23. The minimum atomic E-state index is -0.927. The first-order valence-electron chi connectivity index (χ1n) is 7.90. The highest BCUT2D eigenvalue weighted by molar-refractivity contribution is 6.00. The van der Waals surface area contributed by atoms with E-state index in [-0.39, 0.29) is 12.5 Å². The Hall–Kier alpha value is -3.02. The van der Waals surface area contributed by atoms with Gasteiger partial charge in [-0.3, -0.25) is 9.59 Å². The second kappa shape index (κ2) is 8.19. The Morgan fingerprint density at radius 1 is 1.16 bits per heavy atom. The molecular weight excluding hydrogens is 320 g/mol. The Balaban J connectivity index is 2.18. The number of rotatable bonds is 7. The van der Waals surface area contributed by atoms with Gasteiger partial charge >= 0.3 is 5.97 Å². The summed E-state index contributed by atoms with van der Waals surface area (Å²) in [6.07, 6.45) is 0. The van der Waals surface area contributed by atoms with E-state index in [2.05, 4.69) is 5.32 Å². The first kappa shape index (κ1) is 18.3. The third kappa shape index (κ3) is 4.73. The number of para-hydroxylation sites is 1. The van der Waals surface area contributed by atoms with Gasteiger partial charge in [-0.1, -0.05) is 19.1 Å². The number of anilines is 2. The van der Waals surface area contributed by atoms with E-state index in [1.54, 1.807) is 33.2 Å². The van der Waals surface area contributed by atoms with Crippen molar-refractivity contribution in [1.82, 2.24) is 4.90 Å². The molecule has 2 aromatic carbocycles. The molecule has 2 N–H and O–H groups in total. The zero-order valence-corrected chi connectivity index (χ0v) is 14.5. The van der Waals surface area contributed by atoms with Crippen LogP contribution in [0, 0.1) is 5.92 Å². The van der Waals surface area contributed by atoms with Gasteiger partial charge in [0.1, 0.15) is 5.75 Å². The summed E-state index contributed by atoms with van der Waals surface area (Å²) >= 11 is 0. The molecule has 6 heteroatoms. The fourth-order valence-corrected chi connectivity index (χ4v) is 2.39. The number of benzene rings is 2. The summed E-state index contributed by atoms with van der Waals surface area (Å²) in [4.78, 5) is 25.1. The number of carbonyl (C=O) groups is 2. The van der Waals surface area contributed by atoms with Crippen molar-refractivity contribution in [2.75, 3.05) is 26.0 Å². The van der Waals surface area contributed by atoms with Gasteiger partial charge in [0.15, 0.2) is 0 Å². The summed E-state index contributed by atoms with van der Waals surface area (Å²) in [5, 5.41) is 12.2. The summed E-state index contributed by atoms with van der Waals surface area (Å²) in [5.74, 6) is -1.04. The molecule has 6 nitrogen and oxygen atoms in total. The van der Waals surface area contributed by atoms with Crippen LogP contribution >= 0.6 is 0 Å². The minimum absolute atomic E-state index is 0.144. The Morgan fingerprint density at radius 3 is 2.40 bits per heavy atom. The van der Waals surface area contributed by atoms with Crippen molar-refractivity contribution in [1.29, 1.82) is 0 Å². The molecule has 1 atom stereocenters. The average molecular weight is 342 g/mol. The van der Waals surface area contributed by atoms with Crippen molar-refractivity contribution < 1.29 is 19.4 Å². The van der Waals surface area contributed by atoms with Crippen LogP contribution in [0.5, 0.6) is 5.75 Å². The first-order chi connectivity index (χ1) is 11.9. The number of carboxylic acid groups (broad SMARTS) is 1. The molecule has 0 fully saturated rings. The van der Waals surface area contributed by atoms with Crippen molar-refractivity contribution in [2.24, 2.45) is 5.92 Å². The summed E-state index contributed by atoms with van der Waals surface area (Å²) in [6, 6.07) is 14.5. The molecule has 0 saturated carbocycles. The SMILES string of the molecule is COc1ccc(Nc2ccccc2C(=O)N(C)CC(C)C(=O)O)cc1. The molecule has 0 aliphatic heterocycles. The quantitative estimate of drug-likeness (QED) is 0.808. The Kier molecular flexibility index (Phi) is 6.00. The van der Waals surface area contributed by atoms with Crippen molar-refractivity contribution in [2.45, 2.75) is 6.92 Å². The maximum absolute atomic E-state index is 12.7. The van der Waals surface area contributed by atoms with E-state index in [1.165, 1.54) is 4.90 Å². The van der Waals surface area contributed by atoms with Gasteiger partial charge in [-0.2, -0.15) is 0 Å². The molecule has 0 bridgehead atoms. The number of carboxylic acids is 1. The molecule has 2 rings (SSSR count). The molecule has 0 aromatic heterocycles. The van der Waals surface area contributed by atoms with Crippen LogP contribution in [0.25, 0.3) is 0 Å². The number of nitrogens with zero attached hydrogens (tertiary/aromatic N) is 1. The maximum Gasteiger partial charge on any atom is 0.308 e. The highest BCUT2D eigenvalue weighted by Gasteiger charge is 2.20. The highest BCUT2D eigenvalue weighted by atomic mass is 16.5. The minimum Gasteiger partial charge on any atom is -0.497 e. The van der Waals surface area contributed by atoms with Gasteiger partial charge in [0, 0.05) is 19.3 Å². The van der Waals surface area contributed by atoms with Crippen molar-refractivity contribution in [3.8, 4) is 5.75 Å². The molecule has 0 heterocycles. The van der Waals surface area contributed by atoms with E-state index in [0.717, 1.165) is 11.4 Å². The van der Waals surface area contributed by atoms with Crippen LogP contribution < -0.4 is 10.1 Å². The predicted molar refractivity (Wildman–Crippen MR) is 96.5 cm³/mol. The number of aliphatic carboxylic acids is 1. The van der Waals surface area contributed by atoms with Crippen molar-refractivity contribution in [3.05, 3.63) is 54.1 Å². The summed E-state index contributed by atoms with van der Waals surface area (Å²) < 4.78 is 5.13. The van der Waals surface area contributed by atoms with Crippen molar-refractivity contribution >= 4 is 23.3 Å². The standard InChI is InChI=1S/C19H22N2O4/c1-13(19(23)24)12-21(2)18(22)16-6-4-5-7-17(16)20-14-8-10-15(25-3)11-9-14/h4-11,13,20H,12H2,1-3H3,(H,23,24). The third-order valence-corrected chi connectivity index (χ3v) is 3.84. The van der Waals surface area contributed by atoms with Crippen LogP contribution in [0.2, 0.25) is 0 Å². The van der Waals surface area contributed by atoms with E-state index in [1.807, 2.05) is 36.4 Å². The highest BCUT2D eigenvalue weighted by Crippen LogP contribution is 2.24. The number of hydrogen-bond donors (Lipinski definition) is 2. The summed E-state index contributed by atoms with van der Waals surface area (Å²) in [7, 11) is 3.20. The van der Waals surface area contributed by atoms with Gasteiger partial charge in [-0.25, -0.2) is 0 Å². The smallest absolute Gasteiger partial charge is 0.308 e. The molecule has 1 unspecified atom stereocenters. The van der Waals surface area contributed by atoms with E-state index < -0.39 is 11.9 Å². The second-order valence-corrected chi connectivity index (χ2v) is 5.82. The Morgan fingerprint density at radius 2 is 1.80 bits per heavy atom. The lowest BCUT2D eigenvalue weighted by Gasteiger charge is -2.21. The average Bonchev–Trinajstić information content (AvgIpc) is 2.62. The van der Waals surface area contributed by atoms with E-state index >= 15 is 0 Å². The number of carbonyl (C=O) groups excluding carboxylic acids is 1. The van der Waals surface area contributed by atoms with E-state index in [4.69, 9.17) is 9.84 Å². The molecule has 0 radical (unpaired) electrons. The lowest BCUT2D eigenvalue weighted by atomic mass is 10.1. The summed E-state index contributed by atoms with van der Waals surface area (Å²) in [5.41, 5.74) is 1.97. The third-order valence-electron chi connectivity index (χ3n) is 3.84. The zero-order valence-electron chi connectivity index (χ0n) is 14.5. The molecule has 2 aromatic rings. The van der Waals surface area contributed by atoms with Gasteiger partial charge < -0.3 is 20.1 Å². The lowest BCUT2D eigenvalue weighted by Crippen LogP contribution is -2.34. The molecule has 0 saturated heterocycles. The number of ether oxygens (including phenoxy) is 1. The zero-order chi connectivity index (χ0) is 18.4. The molecule has 0 aliphatic rings. The first-order valence-corrected chi connectivity index (χ1v) is 7.90. The fraction of sp³-hybridized carbons (Fsp3) is 0.263.